The number of nitrogens with zero attached hydrogens (tertiary/aromatic N) is 2. The Hall–Kier alpha value is -3.81. The van der Waals surface area contributed by atoms with Crippen LogP contribution in [0.15, 0.2) is 120 Å². The molecule has 0 aromatic heterocycles. The summed E-state index contributed by atoms with van der Waals surface area (Å²) in [5, 5.41) is 0. The average Bonchev–Trinajstić information content (AvgIpc) is 2.91. The fraction of sp³-hybridized carbons (Fsp3) is 0.138. The molecule has 0 heterocycles. The average molecular weight is 503 g/mol. The topological polar surface area (TPSA) is 57.7 Å². The summed E-state index contributed by atoms with van der Waals surface area (Å²) >= 11 is 0. The minimum atomic E-state index is -3.99. The molecule has 0 fully saturated rings. The summed E-state index contributed by atoms with van der Waals surface area (Å²) in [5.74, 6) is -0.742. The van der Waals surface area contributed by atoms with Crippen LogP contribution in [0, 0.1) is 5.82 Å². The van der Waals surface area contributed by atoms with Gasteiger partial charge in [0.1, 0.15) is 5.82 Å². The highest BCUT2D eigenvalue weighted by atomic mass is 32.2. The zero-order valence-corrected chi connectivity index (χ0v) is 20.5. The zero-order chi connectivity index (χ0) is 25.4. The van der Waals surface area contributed by atoms with E-state index in [1.54, 1.807) is 23.1 Å². The lowest BCUT2D eigenvalue weighted by Crippen LogP contribution is -2.42. The van der Waals surface area contributed by atoms with Gasteiger partial charge in [-0.15, -0.1) is 0 Å². The van der Waals surface area contributed by atoms with Crippen LogP contribution in [0.25, 0.3) is 0 Å². The largest absolute Gasteiger partial charge is 0.333 e. The number of carbonyl (C=O) groups excluding carboxylic acids is 1. The van der Waals surface area contributed by atoms with Crippen LogP contribution in [0.5, 0.6) is 0 Å². The molecule has 0 aliphatic carbocycles. The maximum absolute atomic E-state index is 13.6. The van der Waals surface area contributed by atoms with E-state index in [0.717, 1.165) is 15.4 Å². The van der Waals surface area contributed by atoms with Crippen molar-refractivity contribution in [1.82, 2.24) is 9.21 Å². The van der Waals surface area contributed by atoms with E-state index < -0.39 is 15.8 Å². The Kier molecular flexibility index (Phi) is 8.25. The molecule has 184 valence electrons. The van der Waals surface area contributed by atoms with E-state index >= 15 is 0 Å². The van der Waals surface area contributed by atoms with Crippen LogP contribution in [-0.4, -0.2) is 30.1 Å². The lowest BCUT2D eigenvalue weighted by Gasteiger charge is -2.28. The van der Waals surface area contributed by atoms with Gasteiger partial charge in [-0.3, -0.25) is 4.79 Å². The number of amides is 1. The summed E-state index contributed by atoms with van der Waals surface area (Å²) in [6.45, 7) is 0.261. The van der Waals surface area contributed by atoms with Gasteiger partial charge < -0.3 is 4.90 Å². The van der Waals surface area contributed by atoms with Gasteiger partial charge in [0.25, 0.3) is 0 Å². The fourth-order valence-corrected chi connectivity index (χ4v) is 5.25. The van der Waals surface area contributed by atoms with E-state index in [1.165, 1.54) is 36.4 Å². The Morgan fingerprint density at radius 3 is 1.56 bits per heavy atom. The molecule has 0 N–H and O–H groups in total. The van der Waals surface area contributed by atoms with Crippen LogP contribution >= 0.6 is 0 Å². The molecule has 0 unspecified atom stereocenters. The molecule has 4 rings (SSSR count). The van der Waals surface area contributed by atoms with Crippen LogP contribution in [0.2, 0.25) is 0 Å². The second kappa shape index (κ2) is 11.7. The molecule has 0 atom stereocenters. The van der Waals surface area contributed by atoms with E-state index in [0.29, 0.717) is 18.7 Å². The monoisotopic (exact) mass is 502 g/mol. The van der Waals surface area contributed by atoms with Crippen molar-refractivity contribution in [2.24, 2.45) is 0 Å². The molecule has 36 heavy (non-hydrogen) atoms. The van der Waals surface area contributed by atoms with Crippen LogP contribution < -0.4 is 0 Å². The molecule has 0 bridgehead atoms. The molecule has 0 saturated carbocycles. The smallest absolute Gasteiger partial charge is 0.243 e. The summed E-state index contributed by atoms with van der Waals surface area (Å²) in [4.78, 5) is 15.4. The normalized spacial score (nSPS) is 11.4. The van der Waals surface area contributed by atoms with E-state index in [-0.39, 0.29) is 23.9 Å². The van der Waals surface area contributed by atoms with E-state index in [1.807, 2.05) is 60.7 Å². The predicted octanol–water partition coefficient (Wildman–Crippen LogP) is 5.25. The lowest BCUT2D eigenvalue weighted by molar-refractivity contribution is -0.132. The highest BCUT2D eigenvalue weighted by molar-refractivity contribution is 7.89. The molecule has 4 aromatic carbocycles. The van der Waals surface area contributed by atoms with E-state index in [9.17, 15) is 17.6 Å². The van der Waals surface area contributed by atoms with Crippen molar-refractivity contribution in [3.63, 3.8) is 0 Å². The molecule has 0 radical (unpaired) electrons. The Morgan fingerprint density at radius 2 is 1.06 bits per heavy atom. The van der Waals surface area contributed by atoms with E-state index in [2.05, 4.69) is 0 Å². The van der Waals surface area contributed by atoms with Gasteiger partial charge in [-0.05, 0) is 41.0 Å². The minimum absolute atomic E-state index is 0.0617. The first-order valence-corrected chi connectivity index (χ1v) is 13.0. The van der Waals surface area contributed by atoms with Crippen molar-refractivity contribution in [3.05, 3.63) is 138 Å². The Morgan fingerprint density at radius 1 is 0.611 bits per heavy atom. The fourth-order valence-electron chi connectivity index (χ4n) is 3.85. The molecule has 0 aliphatic rings. The predicted molar refractivity (Wildman–Crippen MR) is 138 cm³/mol. The molecule has 4 aromatic rings. The number of hydrogen-bond donors (Lipinski definition) is 0. The number of rotatable bonds is 10. The highest BCUT2D eigenvalue weighted by Gasteiger charge is 2.29. The van der Waals surface area contributed by atoms with Gasteiger partial charge in [0, 0.05) is 19.6 Å². The third-order valence-corrected chi connectivity index (χ3v) is 7.56. The molecule has 0 aliphatic heterocycles. The molecule has 0 spiro atoms. The van der Waals surface area contributed by atoms with Crippen LogP contribution in [0.1, 0.15) is 16.7 Å². The minimum Gasteiger partial charge on any atom is -0.333 e. The van der Waals surface area contributed by atoms with Crippen molar-refractivity contribution in [2.75, 3.05) is 6.54 Å². The maximum atomic E-state index is 13.6. The van der Waals surface area contributed by atoms with E-state index in [4.69, 9.17) is 0 Å². The first kappa shape index (κ1) is 25.3. The molecular formula is C29H27FN2O3S. The number of carbonyl (C=O) groups is 1. The van der Waals surface area contributed by atoms with Crippen LogP contribution in [-0.2, 0) is 34.5 Å². The van der Waals surface area contributed by atoms with Crippen LogP contribution in [0.3, 0.4) is 0 Å². The quantitative estimate of drug-likeness (QED) is 0.298. The Bertz CT molecular complexity index is 1320. The van der Waals surface area contributed by atoms with Gasteiger partial charge >= 0.3 is 0 Å². The van der Waals surface area contributed by atoms with Gasteiger partial charge in [-0.1, -0.05) is 91.0 Å². The highest BCUT2D eigenvalue weighted by Crippen LogP contribution is 2.20. The Balaban J connectivity index is 1.64. The van der Waals surface area contributed by atoms with Crippen molar-refractivity contribution in [2.45, 2.75) is 24.5 Å². The molecule has 0 saturated heterocycles. The van der Waals surface area contributed by atoms with Crippen molar-refractivity contribution < 1.29 is 17.6 Å². The standard InChI is InChI=1S/C29H27FN2O3S/c30-27-18-16-26(17-19-27)22-32(36(34,35)28-14-8-3-9-15-28)23-29(33)31(20-24-10-4-1-5-11-24)21-25-12-6-2-7-13-25/h1-19H,20-23H2. The third kappa shape index (κ3) is 6.65. The summed E-state index contributed by atoms with van der Waals surface area (Å²) in [7, 11) is -3.99. The summed E-state index contributed by atoms with van der Waals surface area (Å²) in [5.41, 5.74) is 2.47. The number of halogens is 1. The number of hydrogen-bond acceptors (Lipinski definition) is 3. The van der Waals surface area contributed by atoms with Gasteiger partial charge in [-0.25, -0.2) is 12.8 Å². The van der Waals surface area contributed by atoms with Crippen molar-refractivity contribution in [1.29, 1.82) is 0 Å². The lowest BCUT2D eigenvalue weighted by atomic mass is 10.1. The van der Waals surface area contributed by atoms with Crippen molar-refractivity contribution >= 4 is 15.9 Å². The van der Waals surface area contributed by atoms with Gasteiger partial charge in [0.2, 0.25) is 15.9 Å². The maximum Gasteiger partial charge on any atom is 0.243 e. The Labute approximate surface area is 211 Å². The first-order valence-electron chi connectivity index (χ1n) is 11.6. The molecule has 5 nitrogen and oxygen atoms in total. The van der Waals surface area contributed by atoms with Crippen LogP contribution in [0.4, 0.5) is 4.39 Å². The van der Waals surface area contributed by atoms with Crippen molar-refractivity contribution in [3.8, 4) is 0 Å². The zero-order valence-electron chi connectivity index (χ0n) is 19.7. The number of benzene rings is 4. The molecule has 1 amide bonds. The number of sulfonamides is 1. The first-order chi connectivity index (χ1) is 17.4. The summed E-state index contributed by atoms with van der Waals surface area (Å²) < 4.78 is 41.7. The summed E-state index contributed by atoms with van der Waals surface area (Å²) in [6.07, 6.45) is 0. The van der Waals surface area contributed by atoms with Gasteiger partial charge in [-0.2, -0.15) is 4.31 Å². The molecular weight excluding hydrogens is 475 g/mol. The molecule has 7 heteroatoms. The van der Waals surface area contributed by atoms with Gasteiger partial charge in [0.05, 0.1) is 11.4 Å². The SMILES string of the molecule is O=C(CN(Cc1ccc(F)cc1)S(=O)(=O)c1ccccc1)N(Cc1ccccc1)Cc1ccccc1. The second-order valence-corrected chi connectivity index (χ2v) is 10.4. The second-order valence-electron chi connectivity index (χ2n) is 8.43. The summed E-state index contributed by atoms with van der Waals surface area (Å²) in [6, 6.07) is 32.8. The third-order valence-electron chi connectivity index (χ3n) is 5.75. The van der Waals surface area contributed by atoms with Gasteiger partial charge in [0.15, 0.2) is 0 Å².